The SMILES string of the molecule is Cc1ccc(CN2C(=O)C(CC(C)C)Nc3ncnc(N4CCOCC4)c32)cc1. The van der Waals surface area contributed by atoms with E-state index in [1.165, 1.54) is 5.56 Å². The van der Waals surface area contributed by atoms with Crippen LogP contribution in [-0.2, 0) is 16.1 Å². The fraction of sp³-hybridized carbons (Fsp3) is 0.500. The number of ether oxygens (including phenoxy) is 1. The molecule has 4 rings (SSSR count). The number of hydrogen-bond acceptors (Lipinski definition) is 6. The number of nitrogens with zero attached hydrogens (tertiary/aromatic N) is 4. The van der Waals surface area contributed by atoms with Gasteiger partial charge in [-0.2, -0.15) is 0 Å². The van der Waals surface area contributed by atoms with Gasteiger partial charge in [0.2, 0.25) is 5.91 Å². The summed E-state index contributed by atoms with van der Waals surface area (Å²) in [6, 6.07) is 8.05. The third-order valence-electron chi connectivity index (χ3n) is 5.43. The molecule has 1 unspecified atom stereocenters. The third-order valence-corrected chi connectivity index (χ3v) is 5.43. The molecule has 1 amide bonds. The Kier molecular flexibility index (Phi) is 5.67. The van der Waals surface area contributed by atoms with Gasteiger partial charge in [-0.15, -0.1) is 0 Å². The Morgan fingerprint density at radius 3 is 2.59 bits per heavy atom. The molecular weight excluding hydrogens is 366 g/mol. The van der Waals surface area contributed by atoms with E-state index in [1.54, 1.807) is 6.33 Å². The lowest BCUT2D eigenvalue weighted by molar-refractivity contribution is -0.120. The van der Waals surface area contributed by atoms with Crippen molar-refractivity contribution >= 4 is 23.2 Å². The van der Waals surface area contributed by atoms with E-state index in [0.717, 1.165) is 42.4 Å². The summed E-state index contributed by atoms with van der Waals surface area (Å²) >= 11 is 0. The molecule has 2 aromatic rings. The molecule has 1 aromatic heterocycles. The van der Waals surface area contributed by atoms with Crippen LogP contribution in [0.5, 0.6) is 0 Å². The highest BCUT2D eigenvalue weighted by Gasteiger charge is 2.37. The number of hydrogen-bond donors (Lipinski definition) is 1. The molecule has 0 aliphatic carbocycles. The van der Waals surface area contributed by atoms with Crippen LogP contribution in [-0.4, -0.2) is 48.2 Å². The van der Waals surface area contributed by atoms with E-state index in [1.807, 2.05) is 4.90 Å². The maximum atomic E-state index is 13.5. The van der Waals surface area contributed by atoms with Gasteiger partial charge in [0.05, 0.1) is 19.8 Å². The largest absolute Gasteiger partial charge is 0.378 e. The first-order valence-corrected chi connectivity index (χ1v) is 10.3. The maximum Gasteiger partial charge on any atom is 0.250 e. The summed E-state index contributed by atoms with van der Waals surface area (Å²) in [5, 5.41) is 3.38. The average molecular weight is 396 g/mol. The van der Waals surface area contributed by atoms with Crippen molar-refractivity contribution in [2.75, 3.05) is 41.4 Å². The minimum absolute atomic E-state index is 0.0797. The summed E-state index contributed by atoms with van der Waals surface area (Å²) in [6.45, 7) is 9.67. The highest BCUT2D eigenvalue weighted by Crippen LogP contribution is 2.39. The molecule has 1 atom stereocenters. The zero-order valence-electron chi connectivity index (χ0n) is 17.4. The lowest BCUT2D eigenvalue weighted by Gasteiger charge is -2.38. The Morgan fingerprint density at radius 1 is 1.17 bits per heavy atom. The summed E-state index contributed by atoms with van der Waals surface area (Å²) in [4.78, 5) is 26.6. The van der Waals surface area contributed by atoms with Crippen molar-refractivity contribution in [2.24, 2.45) is 5.92 Å². The van der Waals surface area contributed by atoms with Gasteiger partial charge in [0, 0.05) is 13.1 Å². The number of aromatic nitrogens is 2. The van der Waals surface area contributed by atoms with Gasteiger partial charge < -0.3 is 15.0 Å². The number of carbonyl (C=O) groups excluding carboxylic acids is 1. The second kappa shape index (κ2) is 8.37. The van der Waals surface area contributed by atoms with E-state index in [9.17, 15) is 4.79 Å². The average Bonchev–Trinajstić information content (AvgIpc) is 2.72. The number of nitrogens with one attached hydrogen (secondary N) is 1. The summed E-state index contributed by atoms with van der Waals surface area (Å²) in [7, 11) is 0. The third kappa shape index (κ3) is 4.19. The summed E-state index contributed by atoms with van der Waals surface area (Å²) in [5.41, 5.74) is 3.08. The molecule has 3 heterocycles. The molecule has 1 N–H and O–H groups in total. The Bertz CT molecular complexity index is 862. The van der Waals surface area contributed by atoms with Crippen LogP contribution in [0.3, 0.4) is 0 Å². The van der Waals surface area contributed by atoms with Gasteiger partial charge >= 0.3 is 0 Å². The van der Waals surface area contributed by atoms with Gasteiger partial charge in [0.1, 0.15) is 18.1 Å². The van der Waals surface area contributed by atoms with Crippen LogP contribution in [0.15, 0.2) is 30.6 Å². The van der Waals surface area contributed by atoms with E-state index in [4.69, 9.17) is 4.74 Å². The molecule has 7 nitrogen and oxygen atoms in total. The molecule has 1 aromatic carbocycles. The summed E-state index contributed by atoms with van der Waals surface area (Å²) in [5.74, 6) is 2.02. The number of amides is 1. The van der Waals surface area contributed by atoms with Crippen molar-refractivity contribution in [3.63, 3.8) is 0 Å². The fourth-order valence-corrected chi connectivity index (χ4v) is 3.92. The minimum atomic E-state index is -0.277. The number of carbonyl (C=O) groups is 1. The second-order valence-corrected chi connectivity index (χ2v) is 8.23. The molecule has 0 spiro atoms. The normalized spacial score (nSPS) is 19.3. The van der Waals surface area contributed by atoms with Gasteiger partial charge in [-0.25, -0.2) is 9.97 Å². The van der Waals surface area contributed by atoms with Gasteiger partial charge in [-0.05, 0) is 24.8 Å². The van der Waals surface area contributed by atoms with Gasteiger partial charge in [0.15, 0.2) is 11.6 Å². The van der Waals surface area contributed by atoms with Crippen LogP contribution in [0.25, 0.3) is 0 Å². The maximum absolute atomic E-state index is 13.5. The number of benzene rings is 1. The predicted octanol–water partition coefficient (Wildman–Crippen LogP) is 3.00. The van der Waals surface area contributed by atoms with E-state index < -0.39 is 0 Å². The van der Waals surface area contributed by atoms with Crippen LogP contribution >= 0.6 is 0 Å². The van der Waals surface area contributed by atoms with E-state index in [-0.39, 0.29) is 11.9 Å². The molecule has 0 bridgehead atoms. The number of fused-ring (bicyclic) bond motifs is 1. The molecule has 2 aliphatic rings. The number of morpholine rings is 1. The standard InChI is InChI=1S/C22H29N5O2/c1-15(2)12-18-22(28)27(13-17-6-4-16(3)5-7-17)19-20(25-18)23-14-24-21(19)26-8-10-29-11-9-26/h4-7,14-15,18H,8-13H2,1-3H3,(H,23,24,25). The number of rotatable bonds is 5. The van der Waals surface area contributed by atoms with Crippen LogP contribution in [0, 0.1) is 12.8 Å². The van der Waals surface area contributed by atoms with Crippen molar-refractivity contribution in [3.05, 3.63) is 41.7 Å². The first kappa shape index (κ1) is 19.6. The van der Waals surface area contributed by atoms with Crippen molar-refractivity contribution in [3.8, 4) is 0 Å². The molecule has 29 heavy (non-hydrogen) atoms. The lowest BCUT2D eigenvalue weighted by atomic mass is 10.00. The van der Waals surface area contributed by atoms with E-state index >= 15 is 0 Å². The smallest absolute Gasteiger partial charge is 0.250 e. The van der Waals surface area contributed by atoms with Crippen molar-refractivity contribution in [2.45, 2.75) is 39.8 Å². The van der Waals surface area contributed by atoms with Crippen molar-refractivity contribution in [1.82, 2.24) is 9.97 Å². The Balaban J connectivity index is 1.74. The molecule has 7 heteroatoms. The number of aryl methyl sites for hydroxylation is 1. The van der Waals surface area contributed by atoms with Crippen LogP contribution in [0.1, 0.15) is 31.4 Å². The molecule has 2 aliphatic heterocycles. The number of anilines is 3. The topological polar surface area (TPSA) is 70.6 Å². The van der Waals surface area contributed by atoms with Gasteiger partial charge in [0.25, 0.3) is 0 Å². The lowest BCUT2D eigenvalue weighted by Crippen LogP contribution is -2.49. The molecular formula is C22H29N5O2. The predicted molar refractivity (Wildman–Crippen MR) is 114 cm³/mol. The Labute approximate surface area is 172 Å². The zero-order chi connectivity index (χ0) is 20.4. The first-order valence-electron chi connectivity index (χ1n) is 10.3. The fourth-order valence-electron chi connectivity index (χ4n) is 3.92. The monoisotopic (exact) mass is 395 g/mol. The Hall–Kier alpha value is -2.67. The zero-order valence-corrected chi connectivity index (χ0v) is 17.4. The minimum Gasteiger partial charge on any atom is -0.378 e. The quantitative estimate of drug-likeness (QED) is 0.839. The van der Waals surface area contributed by atoms with Gasteiger partial charge in [-0.3, -0.25) is 9.69 Å². The van der Waals surface area contributed by atoms with E-state index in [2.05, 4.69) is 65.2 Å². The molecule has 1 fully saturated rings. The molecule has 0 radical (unpaired) electrons. The Morgan fingerprint density at radius 2 is 1.90 bits per heavy atom. The summed E-state index contributed by atoms with van der Waals surface area (Å²) < 4.78 is 5.50. The van der Waals surface area contributed by atoms with Gasteiger partial charge in [-0.1, -0.05) is 43.7 Å². The second-order valence-electron chi connectivity index (χ2n) is 8.23. The summed E-state index contributed by atoms with van der Waals surface area (Å²) in [6.07, 6.45) is 2.35. The van der Waals surface area contributed by atoms with Crippen molar-refractivity contribution < 1.29 is 9.53 Å². The van der Waals surface area contributed by atoms with Crippen LogP contribution in [0.4, 0.5) is 17.3 Å². The van der Waals surface area contributed by atoms with E-state index in [0.29, 0.717) is 25.7 Å². The first-order chi connectivity index (χ1) is 14.0. The highest BCUT2D eigenvalue weighted by atomic mass is 16.5. The highest BCUT2D eigenvalue weighted by molar-refractivity contribution is 6.06. The van der Waals surface area contributed by atoms with Crippen LogP contribution < -0.4 is 15.1 Å². The van der Waals surface area contributed by atoms with Crippen LogP contribution in [0.2, 0.25) is 0 Å². The van der Waals surface area contributed by atoms with Crippen molar-refractivity contribution in [1.29, 1.82) is 0 Å². The molecule has 1 saturated heterocycles. The molecule has 154 valence electrons. The molecule has 0 saturated carbocycles.